The van der Waals surface area contributed by atoms with Crippen LogP contribution >= 0.6 is 27.5 Å². The number of halogens is 2. The van der Waals surface area contributed by atoms with Gasteiger partial charge in [-0.2, -0.15) is 0 Å². The molecule has 112 valence electrons. The molecule has 21 heavy (non-hydrogen) atoms. The molecular weight excluding hydrogens is 350 g/mol. The normalized spacial score (nSPS) is 12.2. The zero-order valence-corrected chi connectivity index (χ0v) is 14.5. The summed E-state index contributed by atoms with van der Waals surface area (Å²) in [5.41, 5.74) is 8.31. The van der Waals surface area contributed by atoms with Crippen LogP contribution in [0.15, 0.2) is 40.9 Å². The number of nitrogens with two attached hydrogens (primary N) is 1. The van der Waals surface area contributed by atoms with Crippen LogP contribution < -0.4 is 10.5 Å². The van der Waals surface area contributed by atoms with Gasteiger partial charge in [0.15, 0.2) is 0 Å². The van der Waals surface area contributed by atoms with Crippen LogP contribution in [-0.4, -0.2) is 6.04 Å². The SMILES string of the molecule is CCC(N)Cc1ccc(Oc2ccc(Br)cc2Cl)c(C)c1. The smallest absolute Gasteiger partial charge is 0.146 e. The van der Waals surface area contributed by atoms with Crippen molar-refractivity contribution in [3.63, 3.8) is 0 Å². The lowest BCUT2D eigenvalue weighted by Gasteiger charge is -2.13. The van der Waals surface area contributed by atoms with Gasteiger partial charge >= 0.3 is 0 Å². The fourth-order valence-corrected chi connectivity index (χ4v) is 2.79. The number of aryl methyl sites for hydroxylation is 1. The first-order chi connectivity index (χ1) is 9.99. The van der Waals surface area contributed by atoms with E-state index in [1.54, 1.807) is 0 Å². The first kappa shape index (κ1) is 16.3. The minimum absolute atomic E-state index is 0.206. The van der Waals surface area contributed by atoms with Crippen LogP contribution in [-0.2, 0) is 6.42 Å². The average molecular weight is 369 g/mol. The van der Waals surface area contributed by atoms with E-state index in [9.17, 15) is 0 Å². The molecule has 0 spiro atoms. The van der Waals surface area contributed by atoms with E-state index in [2.05, 4.69) is 35.0 Å². The molecule has 1 atom stereocenters. The van der Waals surface area contributed by atoms with Crippen molar-refractivity contribution in [2.75, 3.05) is 0 Å². The second-order valence-electron chi connectivity index (χ2n) is 5.15. The molecule has 2 N–H and O–H groups in total. The van der Waals surface area contributed by atoms with Crippen LogP contribution in [0, 0.1) is 6.92 Å². The van der Waals surface area contributed by atoms with Crippen LogP contribution in [0.5, 0.6) is 11.5 Å². The van der Waals surface area contributed by atoms with Crippen LogP contribution in [0.4, 0.5) is 0 Å². The summed E-state index contributed by atoms with van der Waals surface area (Å²) in [6, 6.07) is 11.9. The summed E-state index contributed by atoms with van der Waals surface area (Å²) in [4.78, 5) is 0. The first-order valence-corrected chi connectivity index (χ1v) is 8.14. The number of hydrogen-bond acceptors (Lipinski definition) is 2. The number of rotatable bonds is 5. The summed E-state index contributed by atoms with van der Waals surface area (Å²) >= 11 is 9.56. The second kappa shape index (κ2) is 7.30. The van der Waals surface area contributed by atoms with Crippen LogP contribution in [0.3, 0.4) is 0 Å². The summed E-state index contributed by atoms with van der Waals surface area (Å²) < 4.78 is 6.83. The molecule has 0 aliphatic heterocycles. The van der Waals surface area contributed by atoms with Crippen molar-refractivity contribution in [3.05, 3.63) is 57.0 Å². The molecule has 0 fully saturated rings. The minimum atomic E-state index is 0.206. The molecule has 0 aliphatic carbocycles. The van der Waals surface area contributed by atoms with Gasteiger partial charge in [0.05, 0.1) is 5.02 Å². The fourth-order valence-electron chi connectivity index (χ4n) is 2.08. The Morgan fingerprint density at radius 3 is 2.52 bits per heavy atom. The monoisotopic (exact) mass is 367 g/mol. The average Bonchev–Trinajstić information content (AvgIpc) is 2.44. The molecule has 0 saturated carbocycles. The third-order valence-corrected chi connectivity index (χ3v) is 4.16. The number of hydrogen-bond donors (Lipinski definition) is 1. The lowest BCUT2D eigenvalue weighted by molar-refractivity contribution is 0.478. The highest BCUT2D eigenvalue weighted by Gasteiger charge is 2.08. The maximum absolute atomic E-state index is 6.18. The molecule has 2 nitrogen and oxygen atoms in total. The van der Waals surface area contributed by atoms with Gasteiger partial charge in [0.1, 0.15) is 11.5 Å². The predicted octanol–water partition coefficient (Wildman–Crippen LogP) is 5.48. The van der Waals surface area contributed by atoms with Crippen molar-refractivity contribution >= 4 is 27.5 Å². The van der Waals surface area contributed by atoms with Gasteiger partial charge in [0.25, 0.3) is 0 Å². The Labute approximate surface area is 139 Å². The molecule has 0 aromatic heterocycles. The lowest BCUT2D eigenvalue weighted by atomic mass is 10.0. The first-order valence-electron chi connectivity index (χ1n) is 6.97. The summed E-state index contributed by atoms with van der Waals surface area (Å²) in [5, 5.41) is 0.584. The van der Waals surface area contributed by atoms with Crippen LogP contribution in [0.2, 0.25) is 5.02 Å². The molecule has 0 saturated heterocycles. The Bertz CT molecular complexity index is 630. The van der Waals surface area contributed by atoms with Crippen molar-refractivity contribution in [1.82, 2.24) is 0 Å². The molecule has 0 radical (unpaired) electrons. The Morgan fingerprint density at radius 1 is 1.19 bits per heavy atom. The van der Waals surface area contributed by atoms with Gasteiger partial charge in [0, 0.05) is 10.5 Å². The topological polar surface area (TPSA) is 35.2 Å². The van der Waals surface area contributed by atoms with Gasteiger partial charge in [-0.05, 0) is 55.2 Å². The van der Waals surface area contributed by atoms with E-state index in [-0.39, 0.29) is 6.04 Å². The molecular formula is C17H19BrClNO. The second-order valence-corrected chi connectivity index (χ2v) is 6.47. The zero-order chi connectivity index (χ0) is 15.4. The third kappa shape index (κ3) is 4.47. The molecule has 2 aromatic rings. The van der Waals surface area contributed by atoms with Crippen molar-refractivity contribution in [1.29, 1.82) is 0 Å². The predicted molar refractivity (Wildman–Crippen MR) is 92.4 cm³/mol. The number of ether oxygens (including phenoxy) is 1. The Kier molecular flexibility index (Phi) is 5.68. The van der Waals surface area contributed by atoms with E-state index in [4.69, 9.17) is 22.1 Å². The van der Waals surface area contributed by atoms with Crippen molar-refractivity contribution in [2.24, 2.45) is 5.73 Å². The highest BCUT2D eigenvalue weighted by Crippen LogP contribution is 2.33. The maximum atomic E-state index is 6.18. The van der Waals surface area contributed by atoms with E-state index in [1.807, 2.05) is 31.2 Å². The van der Waals surface area contributed by atoms with Gasteiger partial charge in [-0.15, -0.1) is 0 Å². The zero-order valence-electron chi connectivity index (χ0n) is 12.2. The molecule has 0 amide bonds. The fraction of sp³-hybridized carbons (Fsp3) is 0.294. The van der Waals surface area contributed by atoms with Crippen LogP contribution in [0.25, 0.3) is 0 Å². The quantitative estimate of drug-likeness (QED) is 0.758. The van der Waals surface area contributed by atoms with Crippen LogP contribution in [0.1, 0.15) is 24.5 Å². The Hall–Kier alpha value is -1.03. The van der Waals surface area contributed by atoms with Crippen molar-refractivity contribution < 1.29 is 4.74 Å². The molecule has 1 unspecified atom stereocenters. The molecule has 0 aliphatic rings. The highest BCUT2D eigenvalue weighted by atomic mass is 79.9. The van der Waals surface area contributed by atoms with Gasteiger partial charge in [-0.1, -0.05) is 46.6 Å². The van der Waals surface area contributed by atoms with E-state index in [1.165, 1.54) is 5.56 Å². The maximum Gasteiger partial charge on any atom is 0.146 e. The number of benzene rings is 2. The largest absolute Gasteiger partial charge is 0.456 e. The summed E-state index contributed by atoms with van der Waals surface area (Å²) in [6.45, 7) is 4.13. The van der Waals surface area contributed by atoms with Crippen molar-refractivity contribution in [3.8, 4) is 11.5 Å². The lowest BCUT2D eigenvalue weighted by Crippen LogP contribution is -2.21. The molecule has 2 aromatic carbocycles. The van der Waals surface area contributed by atoms with Crippen molar-refractivity contribution in [2.45, 2.75) is 32.7 Å². The minimum Gasteiger partial charge on any atom is -0.456 e. The van der Waals surface area contributed by atoms with Gasteiger partial charge in [-0.25, -0.2) is 0 Å². The summed E-state index contributed by atoms with van der Waals surface area (Å²) in [5.74, 6) is 1.47. The van der Waals surface area contributed by atoms with Gasteiger partial charge < -0.3 is 10.5 Å². The molecule has 2 rings (SSSR count). The Morgan fingerprint density at radius 2 is 1.90 bits per heavy atom. The van der Waals surface area contributed by atoms with Gasteiger partial charge in [-0.3, -0.25) is 0 Å². The summed E-state index contributed by atoms with van der Waals surface area (Å²) in [6.07, 6.45) is 1.86. The Balaban J connectivity index is 2.17. The van der Waals surface area contributed by atoms with E-state index in [0.29, 0.717) is 10.8 Å². The highest BCUT2D eigenvalue weighted by molar-refractivity contribution is 9.10. The van der Waals surface area contributed by atoms with E-state index < -0.39 is 0 Å². The van der Waals surface area contributed by atoms with E-state index >= 15 is 0 Å². The molecule has 0 heterocycles. The van der Waals surface area contributed by atoms with Gasteiger partial charge in [0.2, 0.25) is 0 Å². The third-order valence-electron chi connectivity index (χ3n) is 3.38. The molecule has 0 bridgehead atoms. The standard InChI is InChI=1S/C17H19BrClNO/c1-3-14(20)9-12-4-6-16(11(2)8-12)21-17-7-5-13(18)10-15(17)19/h4-8,10,14H,3,9,20H2,1-2H3. The summed E-state index contributed by atoms with van der Waals surface area (Å²) in [7, 11) is 0. The molecule has 4 heteroatoms. The van der Waals surface area contributed by atoms with E-state index in [0.717, 1.165) is 28.6 Å².